The van der Waals surface area contributed by atoms with Crippen LogP contribution < -0.4 is 0 Å². The number of allylic oxidation sites excluding steroid dienone is 1. The molecule has 34 heavy (non-hydrogen) atoms. The van der Waals surface area contributed by atoms with Gasteiger partial charge in [0.1, 0.15) is 13.2 Å². The molecule has 2 aromatic rings. The molecule has 2 aromatic carbocycles. The maximum absolute atomic E-state index is 11.8. The van der Waals surface area contributed by atoms with Crippen LogP contribution in [0.5, 0.6) is 0 Å². The topological polar surface area (TPSA) is 59.1 Å². The smallest absolute Gasteiger partial charge is 0.410 e. The minimum absolute atomic E-state index is 0.211. The van der Waals surface area contributed by atoms with Gasteiger partial charge in [0.05, 0.1) is 0 Å². The zero-order valence-electron chi connectivity index (χ0n) is 19.7. The number of rotatable bonds is 4. The zero-order chi connectivity index (χ0) is 23.8. The summed E-state index contributed by atoms with van der Waals surface area (Å²) in [7, 11) is 0. The summed E-state index contributed by atoms with van der Waals surface area (Å²) >= 11 is 0. The van der Waals surface area contributed by atoms with Crippen LogP contribution in [0.3, 0.4) is 0 Å². The number of benzene rings is 2. The lowest BCUT2D eigenvalue weighted by Gasteiger charge is -2.19. The quantitative estimate of drug-likeness (QED) is 0.527. The standard InChI is InChI=1S/2C14H17NO2/c2*16-14(15-10-6-1-2-7-11-15)17-12-13-8-4-3-5-9-13/h1,3-6,8-9H,2,7,10-12H2;1-5,8-9H,6-7,10-12H2. The summed E-state index contributed by atoms with van der Waals surface area (Å²) in [6.07, 6.45) is 11.8. The third kappa shape index (κ3) is 9.14. The van der Waals surface area contributed by atoms with Gasteiger partial charge in [-0.25, -0.2) is 9.59 Å². The van der Waals surface area contributed by atoms with E-state index in [0.29, 0.717) is 19.8 Å². The molecule has 6 nitrogen and oxygen atoms in total. The highest BCUT2D eigenvalue weighted by Crippen LogP contribution is 2.08. The van der Waals surface area contributed by atoms with Crippen LogP contribution in [0.1, 0.15) is 36.8 Å². The summed E-state index contributed by atoms with van der Waals surface area (Å²) in [5, 5.41) is 0. The SMILES string of the molecule is O=C(OCc1ccccc1)N1CC=CCCC1.O=C(OCc1ccccc1)N1CCC=CCC1. The Bertz CT molecular complexity index is 918. The Kier molecular flexibility index (Phi) is 10.8. The molecule has 0 bridgehead atoms. The van der Waals surface area contributed by atoms with Crippen LogP contribution in [0.25, 0.3) is 0 Å². The van der Waals surface area contributed by atoms with Crippen LogP contribution in [-0.4, -0.2) is 48.2 Å². The van der Waals surface area contributed by atoms with Gasteiger partial charge in [-0.2, -0.15) is 0 Å². The molecule has 0 fully saturated rings. The van der Waals surface area contributed by atoms with Gasteiger partial charge in [-0.1, -0.05) is 85.0 Å². The Morgan fingerprint density at radius 2 is 1.12 bits per heavy atom. The average Bonchev–Trinajstić information content (AvgIpc) is 3.33. The second kappa shape index (κ2) is 14.6. The van der Waals surface area contributed by atoms with Gasteiger partial charge >= 0.3 is 12.2 Å². The first-order chi connectivity index (χ1) is 16.7. The Morgan fingerprint density at radius 1 is 0.618 bits per heavy atom. The van der Waals surface area contributed by atoms with E-state index in [-0.39, 0.29) is 12.2 Å². The summed E-state index contributed by atoms with van der Waals surface area (Å²) in [4.78, 5) is 27.1. The predicted molar refractivity (Wildman–Crippen MR) is 133 cm³/mol. The first kappa shape index (κ1) is 25.1. The van der Waals surface area contributed by atoms with Crippen LogP contribution >= 0.6 is 0 Å². The van der Waals surface area contributed by atoms with Crippen molar-refractivity contribution in [3.05, 3.63) is 96.1 Å². The summed E-state index contributed by atoms with van der Waals surface area (Å²) in [6.45, 7) is 3.64. The largest absolute Gasteiger partial charge is 0.445 e. The van der Waals surface area contributed by atoms with Gasteiger partial charge < -0.3 is 19.3 Å². The van der Waals surface area contributed by atoms with Gasteiger partial charge in [0.25, 0.3) is 0 Å². The van der Waals surface area contributed by atoms with Gasteiger partial charge in [0, 0.05) is 26.2 Å². The number of hydrogen-bond donors (Lipinski definition) is 0. The monoisotopic (exact) mass is 462 g/mol. The van der Waals surface area contributed by atoms with E-state index >= 15 is 0 Å². The van der Waals surface area contributed by atoms with Crippen molar-refractivity contribution in [1.29, 1.82) is 0 Å². The van der Waals surface area contributed by atoms with Crippen molar-refractivity contribution in [3.63, 3.8) is 0 Å². The van der Waals surface area contributed by atoms with E-state index in [1.807, 2.05) is 66.7 Å². The molecule has 0 aliphatic carbocycles. The first-order valence-electron chi connectivity index (χ1n) is 11.9. The Labute approximate surface area is 202 Å². The predicted octanol–water partition coefficient (Wildman–Crippen LogP) is 5.95. The molecule has 2 aliphatic heterocycles. The minimum Gasteiger partial charge on any atom is -0.445 e. The molecule has 2 heterocycles. The molecule has 2 aliphatic rings. The van der Waals surface area contributed by atoms with Crippen molar-refractivity contribution in [2.45, 2.75) is 38.9 Å². The second-order valence-corrected chi connectivity index (χ2v) is 8.18. The normalized spacial score (nSPS) is 15.4. The van der Waals surface area contributed by atoms with Gasteiger partial charge in [-0.3, -0.25) is 0 Å². The fourth-order valence-electron chi connectivity index (χ4n) is 3.59. The zero-order valence-corrected chi connectivity index (χ0v) is 19.7. The number of ether oxygens (including phenoxy) is 2. The molecule has 0 saturated heterocycles. The molecule has 4 rings (SSSR count). The molecule has 180 valence electrons. The van der Waals surface area contributed by atoms with Crippen molar-refractivity contribution in [2.75, 3.05) is 26.2 Å². The fourth-order valence-corrected chi connectivity index (χ4v) is 3.59. The average molecular weight is 463 g/mol. The number of nitrogens with zero attached hydrogens (tertiary/aromatic N) is 2. The Balaban J connectivity index is 0.000000191. The third-order valence-corrected chi connectivity index (χ3v) is 5.52. The van der Waals surface area contributed by atoms with E-state index in [0.717, 1.165) is 56.4 Å². The summed E-state index contributed by atoms with van der Waals surface area (Å²) in [5.41, 5.74) is 2.04. The van der Waals surface area contributed by atoms with Crippen LogP contribution in [-0.2, 0) is 22.7 Å². The molecule has 0 aromatic heterocycles. The molecular formula is C28H34N2O4. The Hall–Kier alpha value is -3.54. The minimum atomic E-state index is -0.222. The van der Waals surface area contributed by atoms with Gasteiger partial charge in [0.2, 0.25) is 0 Å². The van der Waals surface area contributed by atoms with Gasteiger partial charge in [0.15, 0.2) is 0 Å². The Morgan fingerprint density at radius 3 is 1.68 bits per heavy atom. The highest BCUT2D eigenvalue weighted by atomic mass is 16.6. The second-order valence-electron chi connectivity index (χ2n) is 8.18. The molecule has 0 radical (unpaired) electrons. The molecule has 0 unspecified atom stereocenters. The summed E-state index contributed by atoms with van der Waals surface area (Å²) in [6, 6.07) is 19.5. The van der Waals surface area contributed by atoms with Gasteiger partial charge in [-0.05, 0) is 36.8 Å². The maximum Gasteiger partial charge on any atom is 0.410 e. The van der Waals surface area contributed by atoms with Crippen molar-refractivity contribution < 1.29 is 19.1 Å². The summed E-state index contributed by atoms with van der Waals surface area (Å²) < 4.78 is 10.6. The highest BCUT2D eigenvalue weighted by Gasteiger charge is 2.15. The lowest BCUT2D eigenvalue weighted by Crippen LogP contribution is -2.32. The van der Waals surface area contributed by atoms with E-state index in [2.05, 4.69) is 18.2 Å². The lowest BCUT2D eigenvalue weighted by atomic mass is 10.2. The summed E-state index contributed by atoms with van der Waals surface area (Å²) in [5.74, 6) is 0. The van der Waals surface area contributed by atoms with E-state index < -0.39 is 0 Å². The molecule has 0 N–H and O–H groups in total. The molecule has 0 saturated carbocycles. The third-order valence-electron chi connectivity index (χ3n) is 5.52. The first-order valence-corrected chi connectivity index (χ1v) is 11.9. The van der Waals surface area contributed by atoms with Crippen LogP contribution in [0, 0.1) is 0 Å². The van der Waals surface area contributed by atoms with Gasteiger partial charge in [-0.15, -0.1) is 0 Å². The number of amides is 2. The van der Waals surface area contributed by atoms with Crippen LogP contribution in [0.4, 0.5) is 9.59 Å². The van der Waals surface area contributed by atoms with Crippen molar-refractivity contribution in [3.8, 4) is 0 Å². The number of carbonyl (C=O) groups excluding carboxylic acids is 2. The molecule has 0 atom stereocenters. The number of hydrogen-bond acceptors (Lipinski definition) is 4. The van der Waals surface area contributed by atoms with E-state index in [1.54, 1.807) is 9.80 Å². The van der Waals surface area contributed by atoms with Crippen LogP contribution in [0.15, 0.2) is 85.0 Å². The van der Waals surface area contributed by atoms with E-state index in [1.165, 1.54) is 0 Å². The highest BCUT2D eigenvalue weighted by molar-refractivity contribution is 5.68. The molecule has 0 spiro atoms. The van der Waals surface area contributed by atoms with E-state index in [9.17, 15) is 9.59 Å². The van der Waals surface area contributed by atoms with Crippen LogP contribution in [0.2, 0.25) is 0 Å². The fraction of sp³-hybridized carbons (Fsp3) is 0.357. The van der Waals surface area contributed by atoms with Crippen molar-refractivity contribution in [2.24, 2.45) is 0 Å². The molecule has 2 amide bonds. The molecule has 6 heteroatoms. The van der Waals surface area contributed by atoms with E-state index in [4.69, 9.17) is 9.47 Å². The van der Waals surface area contributed by atoms with Crippen molar-refractivity contribution >= 4 is 12.2 Å². The molecular weight excluding hydrogens is 428 g/mol. The lowest BCUT2D eigenvalue weighted by molar-refractivity contribution is 0.0977. The van der Waals surface area contributed by atoms with Crippen molar-refractivity contribution in [1.82, 2.24) is 9.80 Å². The maximum atomic E-state index is 11.8. The number of carbonyl (C=O) groups is 2.